The molecule has 0 unspecified atom stereocenters. The molecule has 0 atom stereocenters. The van der Waals surface area contributed by atoms with Crippen LogP contribution in [0.1, 0.15) is 31.8 Å². The molecule has 0 fully saturated rings. The normalized spacial score (nSPS) is 13.2. The zero-order valence-electron chi connectivity index (χ0n) is 10.3. The maximum Gasteiger partial charge on any atom is 0.294 e. The third-order valence-electron chi connectivity index (χ3n) is 3.13. The minimum Gasteiger partial charge on any atom is -0.303 e. The Balaban J connectivity index is 0.00000161. The number of ketones is 2. The van der Waals surface area contributed by atoms with Crippen molar-refractivity contribution < 1.29 is 39.3 Å². The Hall–Kier alpha value is -1.80. The van der Waals surface area contributed by atoms with E-state index >= 15 is 0 Å². The summed E-state index contributed by atoms with van der Waals surface area (Å²) >= 11 is 0. The first-order chi connectivity index (χ1) is 9.39. The molecule has 2 aromatic carbocycles. The van der Waals surface area contributed by atoms with Crippen LogP contribution in [0.5, 0.6) is 0 Å². The van der Waals surface area contributed by atoms with Crippen LogP contribution >= 0.6 is 0 Å². The van der Waals surface area contributed by atoms with Crippen molar-refractivity contribution in [2.45, 2.75) is 4.90 Å². The predicted octanol–water partition coefficient (Wildman–Crippen LogP) is 1.51. The van der Waals surface area contributed by atoms with Gasteiger partial charge in [-0.1, -0.05) is 11.1 Å². The largest absolute Gasteiger partial charge is 0.303 e. The molecule has 5 nitrogen and oxygen atoms in total. The third kappa shape index (κ3) is 2.44. The van der Waals surface area contributed by atoms with E-state index in [1.54, 1.807) is 0 Å². The van der Waals surface area contributed by atoms with Crippen LogP contribution in [0.25, 0.3) is 0 Å². The van der Waals surface area contributed by atoms with Gasteiger partial charge in [0.15, 0.2) is 5.78 Å². The fourth-order valence-electron chi connectivity index (χ4n) is 2.18. The molecule has 7 heteroatoms. The van der Waals surface area contributed by atoms with Gasteiger partial charge in [0.05, 0.1) is 4.90 Å². The Morgan fingerprint density at radius 2 is 1.52 bits per heavy atom. The number of rotatable bonds is 1. The molecule has 0 bridgehead atoms. The van der Waals surface area contributed by atoms with Gasteiger partial charge >= 0.3 is 0 Å². The van der Waals surface area contributed by atoms with Gasteiger partial charge in [-0.05, 0) is 18.2 Å². The molecule has 1 radical (unpaired) electrons. The second-order valence-electron chi connectivity index (χ2n) is 4.31. The number of hydrogen-bond donors (Lipinski definition) is 1. The molecule has 2 aromatic rings. The zero-order valence-corrected chi connectivity index (χ0v) is 12.1. The van der Waals surface area contributed by atoms with Crippen LogP contribution in [0.15, 0.2) is 41.3 Å². The summed E-state index contributed by atoms with van der Waals surface area (Å²) in [7, 11) is -4.43. The van der Waals surface area contributed by atoms with Crippen LogP contribution in [0.2, 0.25) is 0 Å². The van der Waals surface area contributed by atoms with E-state index in [-0.39, 0.29) is 44.8 Å². The summed E-state index contributed by atoms with van der Waals surface area (Å²) in [5.74, 6) is -0.817. The molecule has 21 heavy (non-hydrogen) atoms. The van der Waals surface area contributed by atoms with Gasteiger partial charge in [-0.15, -0.1) is 0 Å². The van der Waals surface area contributed by atoms with E-state index in [9.17, 15) is 18.0 Å². The van der Waals surface area contributed by atoms with E-state index in [2.05, 4.69) is 6.07 Å². The van der Waals surface area contributed by atoms with Gasteiger partial charge in [-0.25, -0.2) is 0 Å². The van der Waals surface area contributed by atoms with Crippen molar-refractivity contribution in [2.75, 3.05) is 0 Å². The van der Waals surface area contributed by atoms with Gasteiger partial charge in [-0.2, -0.15) is 32.7 Å². The maximum atomic E-state index is 12.3. The van der Waals surface area contributed by atoms with Crippen LogP contribution in [0.4, 0.5) is 0 Å². The Kier molecular flexibility index (Phi) is 3.85. The van der Waals surface area contributed by atoms with Gasteiger partial charge in [0, 0.05) is 27.9 Å². The first-order valence-corrected chi connectivity index (χ1v) is 7.04. The number of carbonyl (C=O) groups excluding carboxylic acids is 2. The first kappa shape index (κ1) is 15.6. The molecule has 0 spiro atoms. The SMILES string of the molecule is O=C1c2cc[c-]cc2C(=O)c2cc(S(=O)(=O)O)ccc21.[Co]. The summed E-state index contributed by atoms with van der Waals surface area (Å²) in [6, 6.07) is 10.5. The second kappa shape index (κ2) is 5.19. The molecule has 3 rings (SSSR count). The Morgan fingerprint density at radius 1 is 0.905 bits per heavy atom. The first-order valence-electron chi connectivity index (χ1n) is 5.60. The number of carbonyl (C=O) groups is 2. The monoisotopic (exact) mass is 346 g/mol. The van der Waals surface area contributed by atoms with E-state index in [0.29, 0.717) is 0 Å². The molecule has 109 valence electrons. The fourth-order valence-corrected chi connectivity index (χ4v) is 2.68. The van der Waals surface area contributed by atoms with Crippen LogP contribution < -0.4 is 0 Å². The van der Waals surface area contributed by atoms with E-state index in [1.807, 2.05) is 0 Å². The summed E-state index contributed by atoms with van der Waals surface area (Å²) in [6.45, 7) is 0. The molecule has 1 aliphatic carbocycles. The molecule has 0 amide bonds. The van der Waals surface area contributed by atoms with Gasteiger partial charge < -0.3 is 4.79 Å². The molecule has 0 aliphatic heterocycles. The maximum absolute atomic E-state index is 12.3. The van der Waals surface area contributed by atoms with E-state index in [4.69, 9.17) is 4.55 Å². The third-order valence-corrected chi connectivity index (χ3v) is 3.98. The Labute approximate surface area is 130 Å². The van der Waals surface area contributed by atoms with E-state index < -0.39 is 20.8 Å². The minimum absolute atomic E-state index is 0. The van der Waals surface area contributed by atoms with Crippen molar-refractivity contribution in [3.05, 3.63) is 64.7 Å². The topological polar surface area (TPSA) is 88.5 Å². The van der Waals surface area contributed by atoms with Crippen LogP contribution in [-0.2, 0) is 26.9 Å². The van der Waals surface area contributed by atoms with Gasteiger partial charge in [-0.3, -0.25) is 9.35 Å². The summed E-state index contributed by atoms with van der Waals surface area (Å²) in [6.07, 6.45) is 0. The molecule has 0 aromatic heterocycles. The van der Waals surface area contributed by atoms with Crippen molar-refractivity contribution in [2.24, 2.45) is 0 Å². The number of benzene rings is 2. The van der Waals surface area contributed by atoms with E-state index in [0.717, 1.165) is 12.1 Å². The van der Waals surface area contributed by atoms with Crippen molar-refractivity contribution in [3.63, 3.8) is 0 Å². The minimum atomic E-state index is -4.43. The molecular weight excluding hydrogens is 339 g/mol. The van der Waals surface area contributed by atoms with Crippen molar-refractivity contribution in [1.29, 1.82) is 0 Å². The van der Waals surface area contributed by atoms with Gasteiger partial charge in [0.25, 0.3) is 10.1 Å². The Bertz CT molecular complexity index is 871. The van der Waals surface area contributed by atoms with Crippen LogP contribution in [0.3, 0.4) is 0 Å². The molecule has 0 saturated carbocycles. The quantitative estimate of drug-likeness (QED) is 0.533. The fraction of sp³-hybridized carbons (Fsp3) is 0. The predicted molar refractivity (Wildman–Crippen MR) is 68.4 cm³/mol. The summed E-state index contributed by atoms with van der Waals surface area (Å²) < 4.78 is 31.2. The molecule has 1 N–H and O–H groups in total. The standard InChI is InChI=1S/C14H7O5S.Co/c15-13-9-3-1-2-4-10(9)14(16)12-7-8(20(17,18)19)5-6-11(12)13;/h1,3-7H,(H,17,18,19);/q-1;. The summed E-state index contributed by atoms with van der Waals surface area (Å²) in [5.41, 5.74) is 0.539. The summed E-state index contributed by atoms with van der Waals surface area (Å²) in [5, 5.41) is 0. The average Bonchev–Trinajstić information content (AvgIpc) is 2.43. The average molecular weight is 346 g/mol. The van der Waals surface area contributed by atoms with Crippen LogP contribution in [-0.4, -0.2) is 24.5 Å². The smallest absolute Gasteiger partial charge is 0.294 e. The molecule has 0 saturated heterocycles. The van der Waals surface area contributed by atoms with Crippen molar-refractivity contribution in [3.8, 4) is 0 Å². The molecule has 1 aliphatic rings. The van der Waals surface area contributed by atoms with Crippen molar-refractivity contribution >= 4 is 21.7 Å². The van der Waals surface area contributed by atoms with Gasteiger partial charge in [0.1, 0.15) is 5.78 Å². The van der Waals surface area contributed by atoms with Crippen LogP contribution in [0, 0.1) is 6.07 Å². The van der Waals surface area contributed by atoms with Crippen molar-refractivity contribution in [1.82, 2.24) is 0 Å². The molecule has 0 heterocycles. The zero-order chi connectivity index (χ0) is 14.5. The van der Waals surface area contributed by atoms with Gasteiger partial charge in [0.2, 0.25) is 0 Å². The number of hydrogen-bond acceptors (Lipinski definition) is 4. The Morgan fingerprint density at radius 3 is 2.19 bits per heavy atom. The molecular formula is C14H7CoO5S-. The second-order valence-corrected chi connectivity index (χ2v) is 5.73. The number of fused-ring (bicyclic) bond motifs is 2. The summed E-state index contributed by atoms with van der Waals surface area (Å²) in [4.78, 5) is 24.1. The van der Waals surface area contributed by atoms with E-state index in [1.165, 1.54) is 24.3 Å².